The molecule has 0 saturated carbocycles. The summed E-state index contributed by atoms with van der Waals surface area (Å²) in [7, 11) is 0. The summed E-state index contributed by atoms with van der Waals surface area (Å²) in [5, 5.41) is 6.85. The highest BCUT2D eigenvalue weighted by molar-refractivity contribution is 7.22. The number of nitrogens with one attached hydrogen (secondary N) is 2. The molecule has 0 bridgehead atoms. The Labute approximate surface area is 199 Å². The fourth-order valence-corrected chi connectivity index (χ4v) is 5.10. The van der Waals surface area contributed by atoms with Crippen molar-refractivity contribution >= 4 is 33.4 Å². The van der Waals surface area contributed by atoms with E-state index < -0.39 is 5.82 Å². The first kappa shape index (κ1) is 22.0. The lowest BCUT2D eigenvalue weighted by atomic mass is 10.0. The first-order chi connectivity index (χ1) is 16.6. The Morgan fingerprint density at radius 1 is 1.26 bits per heavy atom. The summed E-state index contributed by atoms with van der Waals surface area (Å²) in [6, 6.07) is 9.78. The predicted octanol–water partition coefficient (Wildman–Crippen LogP) is 4.40. The highest BCUT2D eigenvalue weighted by atomic mass is 32.1. The molecular formula is C24H23FN6O2S. The minimum Gasteiger partial charge on any atom is -0.492 e. The van der Waals surface area contributed by atoms with Crippen LogP contribution in [0.5, 0.6) is 5.75 Å². The maximum absolute atomic E-state index is 14.8. The first-order valence-corrected chi connectivity index (χ1v) is 11.8. The van der Waals surface area contributed by atoms with E-state index >= 15 is 0 Å². The number of fused-ring (bicyclic) bond motifs is 1. The number of rotatable bonds is 8. The number of hydrogen-bond donors (Lipinski definition) is 2. The fraction of sp³-hybridized carbons (Fsp3) is 0.250. The number of carbonyl (C=O) groups is 1. The van der Waals surface area contributed by atoms with Crippen LogP contribution < -0.4 is 15.4 Å². The molecule has 34 heavy (non-hydrogen) atoms. The molecule has 0 spiro atoms. The Balaban J connectivity index is 1.44. The van der Waals surface area contributed by atoms with Gasteiger partial charge in [-0.3, -0.25) is 4.98 Å². The third kappa shape index (κ3) is 4.36. The highest BCUT2D eigenvalue weighted by Gasteiger charge is 2.19. The summed E-state index contributed by atoms with van der Waals surface area (Å²) in [6.45, 7) is 4.77. The van der Waals surface area contributed by atoms with E-state index in [0.717, 1.165) is 21.2 Å². The molecule has 174 valence electrons. The molecule has 3 aromatic heterocycles. The van der Waals surface area contributed by atoms with Crippen LogP contribution >= 0.6 is 11.3 Å². The lowest BCUT2D eigenvalue weighted by Gasteiger charge is -2.14. The quantitative estimate of drug-likeness (QED) is 0.390. The zero-order valence-corrected chi connectivity index (χ0v) is 19.4. The van der Waals surface area contributed by atoms with Gasteiger partial charge in [-0.1, -0.05) is 18.2 Å². The van der Waals surface area contributed by atoms with Gasteiger partial charge in [0.2, 0.25) is 5.95 Å². The number of thiophene rings is 1. The summed E-state index contributed by atoms with van der Waals surface area (Å²) in [6.07, 6.45) is 4.62. The number of hydrogen-bond acceptors (Lipinski definition) is 7. The lowest BCUT2D eigenvalue weighted by Crippen LogP contribution is -2.32. The molecule has 1 aliphatic rings. The van der Waals surface area contributed by atoms with Crippen LogP contribution in [0, 0.1) is 5.82 Å². The van der Waals surface area contributed by atoms with Gasteiger partial charge < -0.3 is 20.3 Å². The lowest BCUT2D eigenvalue weighted by molar-refractivity contribution is 0.219. The SMILES string of the molecule is CCOc1cnccc1-c1cccc2cc(-c3nc(NCCN4CCNC4=O)ncc3F)sc12. The molecule has 0 radical (unpaired) electrons. The molecule has 0 aliphatic carbocycles. The number of pyridine rings is 1. The van der Waals surface area contributed by atoms with Gasteiger partial charge in [-0.05, 0) is 24.4 Å². The summed E-state index contributed by atoms with van der Waals surface area (Å²) in [4.78, 5) is 26.8. The van der Waals surface area contributed by atoms with Crippen molar-refractivity contribution < 1.29 is 13.9 Å². The molecule has 1 fully saturated rings. The molecule has 10 heteroatoms. The van der Waals surface area contributed by atoms with Crippen LogP contribution in [-0.2, 0) is 0 Å². The second kappa shape index (κ2) is 9.60. The molecule has 0 unspecified atom stereocenters. The molecule has 8 nitrogen and oxygen atoms in total. The Morgan fingerprint density at radius 3 is 3.00 bits per heavy atom. The summed E-state index contributed by atoms with van der Waals surface area (Å²) in [5.74, 6) is 0.539. The van der Waals surface area contributed by atoms with Gasteiger partial charge in [0.25, 0.3) is 0 Å². The third-order valence-corrected chi connectivity index (χ3v) is 6.70. The minimum absolute atomic E-state index is 0.0784. The first-order valence-electron chi connectivity index (χ1n) is 11.0. The van der Waals surface area contributed by atoms with Crippen molar-refractivity contribution in [3.05, 3.63) is 54.7 Å². The molecule has 1 aliphatic heterocycles. The Morgan fingerprint density at radius 2 is 2.18 bits per heavy atom. The number of aromatic nitrogens is 3. The molecule has 1 saturated heterocycles. The number of nitrogens with zero attached hydrogens (tertiary/aromatic N) is 4. The van der Waals surface area contributed by atoms with Gasteiger partial charge in [-0.25, -0.2) is 19.2 Å². The maximum atomic E-state index is 14.8. The molecule has 2 N–H and O–H groups in total. The van der Waals surface area contributed by atoms with Crippen molar-refractivity contribution in [2.24, 2.45) is 0 Å². The van der Waals surface area contributed by atoms with Crippen molar-refractivity contribution in [3.8, 4) is 27.4 Å². The van der Waals surface area contributed by atoms with Crippen LogP contribution in [0.25, 0.3) is 31.8 Å². The van der Waals surface area contributed by atoms with Crippen molar-refractivity contribution in [3.63, 3.8) is 0 Å². The smallest absolute Gasteiger partial charge is 0.317 e. The summed E-state index contributed by atoms with van der Waals surface area (Å²) < 4.78 is 21.5. The number of benzene rings is 1. The summed E-state index contributed by atoms with van der Waals surface area (Å²) >= 11 is 1.47. The van der Waals surface area contributed by atoms with Gasteiger partial charge >= 0.3 is 6.03 Å². The molecule has 0 atom stereocenters. The topological polar surface area (TPSA) is 92.3 Å². The zero-order valence-electron chi connectivity index (χ0n) is 18.5. The molecule has 5 rings (SSSR count). The molecule has 2 amide bonds. The number of halogens is 1. The van der Waals surface area contributed by atoms with Gasteiger partial charge in [0, 0.05) is 48.2 Å². The summed E-state index contributed by atoms with van der Waals surface area (Å²) in [5.41, 5.74) is 2.17. The fourth-order valence-electron chi connectivity index (χ4n) is 3.92. The number of carbonyl (C=O) groups excluding carboxylic acids is 1. The Bertz CT molecular complexity index is 1340. The van der Waals surface area contributed by atoms with E-state index in [4.69, 9.17) is 4.74 Å². The monoisotopic (exact) mass is 478 g/mol. The van der Waals surface area contributed by atoms with E-state index in [-0.39, 0.29) is 11.7 Å². The van der Waals surface area contributed by atoms with E-state index in [2.05, 4.69) is 25.6 Å². The predicted molar refractivity (Wildman–Crippen MR) is 131 cm³/mol. The van der Waals surface area contributed by atoms with Crippen LogP contribution in [0.2, 0.25) is 0 Å². The van der Waals surface area contributed by atoms with Gasteiger partial charge in [0.05, 0.1) is 23.9 Å². The minimum atomic E-state index is -0.489. The van der Waals surface area contributed by atoms with Crippen LogP contribution in [0.1, 0.15) is 6.92 Å². The second-order valence-corrected chi connectivity index (χ2v) is 8.73. The molecule has 4 heterocycles. The van der Waals surface area contributed by atoms with E-state index in [9.17, 15) is 9.18 Å². The van der Waals surface area contributed by atoms with Crippen molar-refractivity contribution in [1.29, 1.82) is 0 Å². The molecule has 4 aromatic rings. The van der Waals surface area contributed by atoms with Crippen molar-refractivity contribution in [2.75, 3.05) is 38.1 Å². The van der Waals surface area contributed by atoms with E-state index in [1.165, 1.54) is 17.5 Å². The van der Waals surface area contributed by atoms with Crippen molar-refractivity contribution in [2.45, 2.75) is 6.92 Å². The van der Waals surface area contributed by atoms with Gasteiger partial charge in [-0.15, -0.1) is 11.3 Å². The maximum Gasteiger partial charge on any atom is 0.317 e. The standard InChI is InChI=1S/C24H23FN6O2S/c1-2-33-19-14-26-7-6-16(19)17-5-3-4-15-12-20(34-22(15)17)21-18(25)13-29-23(30-21)27-8-10-31-11-9-28-24(31)32/h3-7,12-14H,2,8-11H2,1H3,(H,28,32)(H,27,29,30). The van der Waals surface area contributed by atoms with E-state index in [1.807, 2.05) is 37.3 Å². The number of amides is 2. The average Bonchev–Trinajstić information content (AvgIpc) is 3.47. The number of ether oxygens (including phenoxy) is 1. The largest absolute Gasteiger partial charge is 0.492 e. The third-order valence-electron chi connectivity index (χ3n) is 5.51. The van der Waals surface area contributed by atoms with Crippen LogP contribution in [0.3, 0.4) is 0 Å². The van der Waals surface area contributed by atoms with E-state index in [1.54, 1.807) is 17.3 Å². The van der Waals surface area contributed by atoms with Crippen LogP contribution in [0.4, 0.5) is 15.1 Å². The Hall–Kier alpha value is -3.79. The van der Waals surface area contributed by atoms with Crippen molar-refractivity contribution in [1.82, 2.24) is 25.2 Å². The van der Waals surface area contributed by atoms with Crippen LogP contribution in [0.15, 0.2) is 48.9 Å². The zero-order chi connectivity index (χ0) is 23.5. The second-order valence-electron chi connectivity index (χ2n) is 7.68. The van der Waals surface area contributed by atoms with E-state index in [0.29, 0.717) is 49.4 Å². The normalized spacial score (nSPS) is 13.4. The van der Waals surface area contributed by atoms with Gasteiger partial charge in [0.15, 0.2) is 5.82 Å². The molecule has 1 aromatic carbocycles. The Kier molecular flexibility index (Phi) is 6.22. The van der Waals surface area contributed by atoms with Gasteiger partial charge in [0.1, 0.15) is 11.4 Å². The highest BCUT2D eigenvalue weighted by Crippen LogP contribution is 2.41. The van der Waals surface area contributed by atoms with Gasteiger partial charge in [-0.2, -0.15) is 0 Å². The number of anilines is 1. The molecular weight excluding hydrogens is 455 g/mol. The average molecular weight is 479 g/mol. The number of urea groups is 1. The van der Waals surface area contributed by atoms with Crippen LogP contribution in [-0.4, -0.2) is 58.7 Å².